The van der Waals surface area contributed by atoms with Gasteiger partial charge >= 0.3 is 11.9 Å². The summed E-state index contributed by atoms with van der Waals surface area (Å²) in [6.45, 7) is 3.38. The minimum absolute atomic E-state index is 0.0426. The van der Waals surface area contributed by atoms with Crippen LogP contribution in [0.25, 0.3) is 0 Å². The average molecular weight is 669 g/mol. The Morgan fingerprint density at radius 1 is 0.812 bits per heavy atom. The average Bonchev–Trinajstić information content (AvgIpc) is 3.11. The fourth-order valence-corrected chi connectivity index (χ4v) is 4.29. The molecule has 0 bridgehead atoms. The molecule has 3 aromatic rings. The quantitative estimate of drug-likeness (QED) is 0.0888. The molecular formula is C35H44N2O11. The van der Waals surface area contributed by atoms with E-state index in [4.69, 9.17) is 37.9 Å². The lowest BCUT2D eigenvalue weighted by molar-refractivity contribution is -0.155. The van der Waals surface area contributed by atoms with Crippen LogP contribution in [0.2, 0.25) is 0 Å². The highest BCUT2D eigenvalue weighted by molar-refractivity contribution is 5.98. The van der Waals surface area contributed by atoms with E-state index in [1.807, 2.05) is 60.7 Å². The molecule has 3 rings (SSSR count). The molecule has 1 N–H and O–H groups in total. The number of pyridine rings is 1. The van der Waals surface area contributed by atoms with Crippen LogP contribution in [0.15, 0.2) is 72.9 Å². The van der Waals surface area contributed by atoms with Crippen LogP contribution >= 0.6 is 0 Å². The van der Waals surface area contributed by atoms with Crippen molar-refractivity contribution in [3.8, 4) is 11.5 Å². The van der Waals surface area contributed by atoms with Crippen molar-refractivity contribution in [1.82, 2.24) is 10.3 Å². The zero-order valence-corrected chi connectivity index (χ0v) is 27.6. The van der Waals surface area contributed by atoms with E-state index in [1.54, 1.807) is 13.8 Å². The van der Waals surface area contributed by atoms with E-state index in [9.17, 15) is 14.4 Å². The number of esters is 2. The Bertz CT molecular complexity index is 1380. The number of rotatable bonds is 23. The summed E-state index contributed by atoms with van der Waals surface area (Å²) in [6.07, 6.45) is 2.33. The SMILES string of the molecule is CCOCC(=O)OCOc1c(OC)ccnc1C(=O)NC(COCC(CCc1ccccc1)OCOCc1ccccc1)C(=O)OCC. The smallest absolute Gasteiger partial charge is 0.334 e. The first-order valence-corrected chi connectivity index (χ1v) is 15.7. The third-order valence-electron chi connectivity index (χ3n) is 6.71. The summed E-state index contributed by atoms with van der Waals surface area (Å²) in [7, 11) is 1.38. The molecule has 0 spiro atoms. The van der Waals surface area contributed by atoms with E-state index in [1.165, 1.54) is 19.4 Å². The highest BCUT2D eigenvalue weighted by Gasteiger charge is 2.27. The molecule has 0 saturated heterocycles. The van der Waals surface area contributed by atoms with Gasteiger partial charge in [-0.3, -0.25) is 4.79 Å². The molecule has 0 aliphatic rings. The second kappa shape index (κ2) is 22.1. The fourth-order valence-electron chi connectivity index (χ4n) is 4.29. The maximum atomic E-state index is 13.4. The van der Waals surface area contributed by atoms with Gasteiger partial charge in [-0.1, -0.05) is 60.7 Å². The van der Waals surface area contributed by atoms with Gasteiger partial charge in [-0.05, 0) is 37.8 Å². The van der Waals surface area contributed by atoms with Gasteiger partial charge < -0.3 is 43.2 Å². The molecule has 1 aromatic heterocycles. The van der Waals surface area contributed by atoms with Gasteiger partial charge in [0.15, 0.2) is 23.2 Å². The Balaban J connectivity index is 1.63. The third kappa shape index (κ3) is 13.7. The zero-order chi connectivity index (χ0) is 34.4. The molecule has 2 atom stereocenters. The topological polar surface area (TPSA) is 150 Å². The molecule has 13 nitrogen and oxygen atoms in total. The number of ether oxygens (including phenoxy) is 8. The van der Waals surface area contributed by atoms with Crippen molar-refractivity contribution >= 4 is 17.8 Å². The van der Waals surface area contributed by atoms with Gasteiger partial charge in [-0.25, -0.2) is 14.6 Å². The molecule has 0 saturated carbocycles. The highest BCUT2D eigenvalue weighted by atomic mass is 16.7. The Hall–Kier alpha value is -4.56. The summed E-state index contributed by atoms with van der Waals surface area (Å²) in [5, 5.41) is 2.61. The summed E-state index contributed by atoms with van der Waals surface area (Å²) < 4.78 is 43.7. The first kappa shape index (κ1) is 37.9. The van der Waals surface area contributed by atoms with Crippen LogP contribution in [0.1, 0.15) is 41.9 Å². The third-order valence-corrected chi connectivity index (χ3v) is 6.71. The number of nitrogens with zero attached hydrogens (tertiary/aromatic N) is 1. The van der Waals surface area contributed by atoms with Crippen molar-refractivity contribution in [2.45, 2.75) is 45.4 Å². The normalized spacial score (nSPS) is 12.1. The number of benzene rings is 2. The Kier molecular flexibility index (Phi) is 17.4. The van der Waals surface area contributed by atoms with Gasteiger partial charge in [0, 0.05) is 18.9 Å². The maximum Gasteiger partial charge on any atom is 0.334 e. The van der Waals surface area contributed by atoms with Gasteiger partial charge in [0.2, 0.25) is 6.79 Å². The molecule has 260 valence electrons. The Labute approximate surface area is 280 Å². The number of carbonyl (C=O) groups excluding carboxylic acids is 3. The highest BCUT2D eigenvalue weighted by Crippen LogP contribution is 2.29. The number of hydrogen-bond donors (Lipinski definition) is 1. The number of carbonyl (C=O) groups is 3. The number of nitrogens with one attached hydrogen (secondary N) is 1. The predicted molar refractivity (Wildman–Crippen MR) is 173 cm³/mol. The van der Waals surface area contributed by atoms with Crippen LogP contribution in [0.4, 0.5) is 0 Å². The molecule has 2 unspecified atom stereocenters. The summed E-state index contributed by atoms with van der Waals surface area (Å²) in [4.78, 5) is 42.2. The van der Waals surface area contributed by atoms with Crippen LogP contribution in [-0.4, -0.2) is 88.7 Å². The van der Waals surface area contributed by atoms with Gasteiger partial charge in [-0.2, -0.15) is 0 Å². The summed E-state index contributed by atoms with van der Waals surface area (Å²) in [6, 6.07) is 20.0. The molecule has 2 aromatic carbocycles. The van der Waals surface area contributed by atoms with Crippen LogP contribution in [0.3, 0.4) is 0 Å². The minimum Gasteiger partial charge on any atom is -0.493 e. The monoisotopic (exact) mass is 668 g/mol. The molecule has 0 fully saturated rings. The van der Waals surface area contributed by atoms with E-state index in [2.05, 4.69) is 10.3 Å². The lowest BCUT2D eigenvalue weighted by Gasteiger charge is -2.21. The van der Waals surface area contributed by atoms with Crippen LogP contribution < -0.4 is 14.8 Å². The van der Waals surface area contributed by atoms with Gasteiger partial charge in [-0.15, -0.1) is 0 Å². The molecule has 0 radical (unpaired) electrons. The molecule has 48 heavy (non-hydrogen) atoms. The fraction of sp³-hybridized carbons (Fsp3) is 0.429. The summed E-state index contributed by atoms with van der Waals surface area (Å²) >= 11 is 0. The maximum absolute atomic E-state index is 13.4. The Morgan fingerprint density at radius 2 is 1.54 bits per heavy atom. The largest absolute Gasteiger partial charge is 0.493 e. The number of hydrogen-bond acceptors (Lipinski definition) is 12. The second-order valence-electron chi connectivity index (χ2n) is 10.2. The van der Waals surface area contributed by atoms with Crippen LogP contribution in [0, 0.1) is 0 Å². The van der Waals surface area contributed by atoms with E-state index >= 15 is 0 Å². The van der Waals surface area contributed by atoms with Crippen molar-refractivity contribution in [3.63, 3.8) is 0 Å². The first-order chi connectivity index (χ1) is 23.4. The lowest BCUT2D eigenvalue weighted by Crippen LogP contribution is -2.46. The number of aromatic nitrogens is 1. The van der Waals surface area contributed by atoms with Crippen molar-refractivity contribution in [2.24, 2.45) is 0 Å². The number of methoxy groups -OCH3 is 1. The van der Waals surface area contributed by atoms with E-state index < -0.39 is 30.7 Å². The minimum atomic E-state index is -1.19. The molecular weight excluding hydrogens is 624 g/mol. The summed E-state index contributed by atoms with van der Waals surface area (Å²) in [5.41, 5.74) is 1.96. The number of amides is 1. The predicted octanol–water partition coefficient (Wildman–Crippen LogP) is 3.88. The van der Waals surface area contributed by atoms with Crippen LogP contribution in [-0.2, 0) is 51.0 Å². The van der Waals surface area contributed by atoms with E-state index in [-0.39, 0.29) is 56.5 Å². The molecule has 0 aliphatic heterocycles. The lowest BCUT2D eigenvalue weighted by atomic mass is 10.1. The van der Waals surface area contributed by atoms with Crippen molar-refractivity contribution < 1.29 is 52.3 Å². The molecule has 1 heterocycles. The standard InChI is InChI=1S/C35H44N2O11/c1-4-42-23-31(38)47-25-48-33-30(41-3)18-19-36-32(33)34(39)37-29(35(40)45-5-2)22-43-21-28(17-16-26-12-8-6-9-13-26)46-24-44-20-27-14-10-7-11-15-27/h6-15,18-19,28-29H,4-5,16-17,20-25H2,1-3H3,(H,37,39). The van der Waals surface area contributed by atoms with Gasteiger partial charge in [0.1, 0.15) is 13.4 Å². The van der Waals surface area contributed by atoms with Crippen LogP contribution in [0.5, 0.6) is 11.5 Å². The number of aryl methyl sites for hydroxylation is 1. The van der Waals surface area contributed by atoms with Gasteiger partial charge in [0.25, 0.3) is 5.91 Å². The van der Waals surface area contributed by atoms with Gasteiger partial charge in [0.05, 0.1) is 39.6 Å². The van der Waals surface area contributed by atoms with E-state index in [0.717, 1.165) is 17.5 Å². The summed E-state index contributed by atoms with van der Waals surface area (Å²) in [5.74, 6) is -2.05. The Morgan fingerprint density at radius 3 is 2.23 bits per heavy atom. The van der Waals surface area contributed by atoms with E-state index in [0.29, 0.717) is 19.6 Å². The zero-order valence-electron chi connectivity index (χ0n) is 27.6. The van der Waals surface area contributed by atoms with Crippen molar-refractivity contribution in [3.05, 3.63) is 89.7 Å². The molecule has 1 amide bonds. The first-order valence-electron chi connectivity index (χ1n) is 15.7. The van der Waals surface area contributed by atoms with Crippen molar-refractivity contribution in [1.29, 1.82) is 0 Å². The van der Waals surface area contributed by atoms with Crippen molar-refractivity contribution in [2.75, 3.05) is 53.7 Å². The second-order valence-corrected chi connectivity index (χ2v) is 10.2. The molecule has 13 heteroatoms. The molecule has 0 aliphatic carbocycles.